The lowest BCUT2D eigenvalue weighted by atomic mass is 10.2. The number of aromatic amines is 1. The van der Waals surface area contributed by atoms with Crippen molar-refractivity contribution in [1.29, 1.82) is 0 Å². The van der Waals surface area contributed by atoms with Gasteiger partial charge >= 0.3 is 6.18 Å². The average Bonchev–Trinajstić information content (AvgIpc) is 3.34. The molecule has 3 heterocycles. The maximum atomic E-state index is 13.6. The van der Waals surface area contributed by atoms with E-state index in [0.29, 0.717) is 17.0 Å². The zero-order valence-corrected chi connectivity index (χ0v) is 20.4. The summed E-state index contributed by atoms with van der Waals surface area (Å²) >= 11 is 0. The number of rotatable bonds is 7. The maximum absolute atomic E-state index is 13.6. The van der Waals surface area contributed by atoms with Crippen LogP contribution in [0, 0.1) is 0 Å². The molecule has 5 aromatic rings. The van der Waals surface area contributed by atoms with Gasteiger partial charge in [0.1, 0.15) is 28.5 Å². The summed E-state index contributed by atoms with van der Waals surface area (Å²) in [7, 11) is -3.50. The van der Waals surface area contributed by atoms with Crippen LogP contribution in [0.2, 0.25) is 0 Å². The molecule has 0 aliphatic carbocycles. The summed E-state index contributed by atoms with van der Waals surface area (Å²) in [5.74, 6) is 0.159. The van der Waals surface area contributed by atoms with Crippen LogP contribution in [-0.2, 0) is 16.0 Å². The van der Waals surface area contributed by atoms with Crippen molar-refractivity contribution in [2.45, 2.75) is 18.1 Å². The van der Waals surface area contributed by atoms with Crippen molar-refractivity contribution < 1.29 is 31.1 Å². The van der Waals surface area contributed by atoms with Crippen molar-refractivity contribution in [3.63, 3.8) is 0 Å². The van der Waals surface area contributed by atoms with Gasteiger partial charge in [0.05, 0.1) is 29.2 Å². The van der Waals surface area contributed by atoms with Crippen molar-refractivity contribution in [2.24, 2.45) is 0 Å². The molecule has 13 heteroatoms. The zero-order chi connectivity index (χ0) is 26.9. The van der Waals surface area contributed by atoms with Crippen molar-refractivity contribution in [3.05, 3.63) is 78.9 Å². The second-order valence-corrected chi connectivity index (χ2v) is 10.2. The standard InChI is InChI=1S/C25H18F3N5O4S/c1-2-38(34,35)22-8-7-15(13-31-22)36-16-11-18-23(33-24(32-18)19-14-29-9-10-30-19)21(12-16)37-20-6-4-3-5-17(20)25(26,27)28/h3-14H,2H2,1H3,(H,32,33). The van der Waals surface area contributed by atoms with Crippen LogP contribution in [0.4, 0.5) is 13.2 Å². The molecule has 0 atom stereocenters. The van der Waals surface area contributed by atoms with Crippen molar-refractivity contribution in [3.8, 4) is 34.5 Å². The van der Waals surface area contributed by atoms with Gasteiger partial charge in [-0.2, -0.15) is 13.2 Å². The van der Waals surface area contributed by atoms with Gasteiger partial charge in [0.2, 0.25) is 0 Å². The number of sulfone groups is 1. The fourth-order valence-corrected chi connectivity index (χ4v) is 4.33. The predicted molar refractivity (Wildman–Crippen MR) is 131 cm³/mol. The molecule has 0 spiro atoms. The minimum Gasteiger partial charge on any atom is -0.456 e. The van der Waals surface area contributed by atoms with Crippen LogP contribution >= 0.6 is 0 Å². The molecule has 0 saturated carbocycles. The number of benzene rings is 2. The first-order valence-corrected chi connectivity index (χ1v) is 12.8. The summed E-state index contributed by atoms with van der Waals surface area (Å²) in [6, 6.07) is 10.5. The molecule has 1 N–H and O–H groups in total. The van der Waals surface area contributed by atoms with Gasteiger partial charge in [0.15, 0.2) is 26.4 Å². The second kappa shape index (κ2) is 9.74. The number of H-pyrrole nitrogens is 1. The predicted octanol–water partition coefficient (Wildman–Crippen LogP) is 5.81. The Morgan fingerprint density at radius 2 is 1.74 bits per heavy atom. The van der Waals surface area contributed by atoms with Crippen LogP contribution in [-0.4, -0.2) is 39.1 Å². The van der Waals surface area contributed by atoms with Crippen LogP contribution in [0.1, 0.15) is 12.5 Å². The quantitative estimate of drug-likeness (QED) is 0.274. The number of halogens is 3. The third-order valence-electron chi connectivity index (χ3n) is 5.39. The fraction of sp³-hybridized carbons (Fsp3) is 0.120. The molecule has 0 amide bonds. The molecule has 0 fully saturated rings. The number of imidazole rings is 1. The first-order chi connectivity index (χ1) is 18.1. The lowest BCUT2D eigenvalue weighted by Crippen LogP contribution is -2.07. The first kappa shape index (κ1) is 25.1. The normalized spacial score (nSPS) is 12.0. The topological polar surface area (TPSA) is 120 Å². The van der Waals surface area contributed by atoms with Crippen molar-refractivity contribution in [1.82, 2.24) is 24.9 Å². The summed E-state index contributed by atoms with van der Waals surface area (Å²) in [6.07, 6.45) is 1.04. The third kappa shape index (κ3) is 5.13. The van der Waals surface area contributed by atoms with E-state index in [1.807, 2.05) is 0 Å². The molecule has 0 aliphatic heterocycles. The molecular formula is C25H18F3N5O4S. The number of nitrogens with one attached hydrogen (secondary N) is 1. The van der Waals surface area contributed by atoms with Gasteiger partial charge in [0, 0.05) is 24.5 Å². The molecule has 194 valence electrons. The van der Waals surface area contributed by atoms with Crippen LogP contribution in [0.3, 0.4) is 0 Å². The third-order valence-corrected chi connectivity index (χ3v) is 7.03. The van der Waals surface area contributed by atoms with Crippen LogP contribution in [0.25, 0.3) is 22.6 Å². The van der Waals surface area contributed by atoms with Gasteiger partial charge in [-0.05, 0) is 24.3 Å². The highest BCUT2D eigenvalue weighted by Crippen LogP contribution is 2.41. The Balaban J connectivity index is 1.58. The molecule has 3 aromatic heterocycles. The Kier molecular flexibility index (Phi) is 6.45. The molecule has 0 aliphatic rings. The Hall–Kier alpha value is -4.52. The smallest absolute Gasteiger partial charge is 0.419 e. The van der Waals surface area contributed by atoms with E-state index in [2.05, 4.69) is 24.9 Å². The van der Waals surface area contributed by atoms with E-state index in [-0.39, 0.29) is 33.5 Å². The van der Waals surface area contributed by atoms with Crippen molar-refractivity contribution >= 4 is 20.9 Å². The molecule has 0 unspecified atom stereocenters. The molecule has 5 rings (SSSR count). The number of ether oxygens (including phenoxy) is 2. The number of para-hydroxylation sites is 1. The van der Waals surface area contributed by atoms with Gasteiger partial charge in [-0.1, -0.05) is 19.1 Å². The highest BCUT2D eigenvalue weighted by Gasteiger charge is 2.34. The van der Waals surface area contributed by atoms with Gasteiger partial charge < -0.3 is 14.5 Å². The SMILES string of the molecule is CCS(=O)(=O)c1ccc(Oc2cc(Oc3ccccc3C(F)(F)F)c3nc(-c4cnccn4)[nH]c3c2)cn1. The van der Waals surface area contributed by atoms with E-state index in [1.165, 1.54) is 68.1 Å². The molecular weight excluding hydrogens is 523 g/mol. The van der Waals surface area contributed by atoms with Gasteiger partial charge in [0.25, 0.3) is 0 Å². The number of aromatic nitrogens is 5. The lowest BCUT2D eigenvalue weighted by Gasteiger charge is -2.14. The molecule has 0 radical (unpaired) electrons. The van der Waals surface area contributed by atoms with Crippen LogP contribution in [0.5, 0.6) is 23.0 Å². The largest absolute Gasteiger partial charge is 0.456 e. The molecule has 0 bridgehead atoms. The van der Waals surface area contributed by atoms with Gasteiger partial charge in [-0.25, -0.2) is 23.4 Å². The minimum atomic E-state index is -4.65. The summed E-state index contributed by atoms with van der Waals surface area (Å²) in [5, 5.41) is -0.0993. The van der Waals surface area contributed by atoms with E-state index in [4.69, 9.17) is 9.47 Å². The summed E-state index contributed by atoms with van der Waals surface area (Å²) in [6.45, 7) is 1.51. The Labute approximate surface area is 214 Å². The number of nitrogens with zero attached hydrogens (tertiary/aromatic N) is 4. The van der Waals surface area contributed by atoms with E-state index >= 15 is 0 Å². The fourth-order valence-electron chi connectivity index (χ4n) is 3.54. The average molecular weight is 542 g/mol. The zero-order valence-electron chi connectivity index (χ0n) is 19.6. The molecule has 38 heavy (non-hydrogen) atoms. The Morgan fingerprint density at radius 3 is 2.42 bits per heavy atom. The molecule has 0 saturated heterocycles. The van der Waals surface area contributed by atoms with Gasteiger partial charge in [-0.3, -0.25) is 4.98 Å². The Morgan fingerprint density at radius 1 is 0.921 bits per heavy atom. The summed E-state index contributed by atoms with van der Waals surface area (Å²) < 4.78 is 76.5. The number of hydrogen-bond donors (Lipinski definition) is 1. The van der Waals surface area contributed by atoms with E-state index in [0.717, 1.165) is 6.07 Å². The van der Waals surface area contributed by atoms with E-state index in [1.54, 1.807) is 6.07 Å². The van der Waals surface area contributed by atoms with E-state index in [9.17, 15) is 21.6 Å². The first-order valence-electron chi connectivity index (χ1n) is 11.1. The number of pyridine rings is 1. The number of alkyl halides is 3. The lowest BCUT2D eigenvalue weighted by molar-refractivity contribution is -0.138. The van der Waals surface area contributed by atoms with Crippen LogP contribution < -0.4 is 9.47 Å². The number of hydrogen-bond acceptors (Lipinski definition) is 8. The van der Waals surface area contributed by atoms with E-state index < -0.39 is 27.3 Å². The summed E-state index contributed by atoms with van der Waals surface area (Å²) in [4.78, 5) is 19.7. The van der Waals surface area contributed by atoms with Crippen molar-refractivity contribution in [2.75, 3.05) is 5.75 Å². The monoisotopic (exact) mass is 541 g/mol. The highest BCUT2D eigenvalue weighted by molar-refractivity contribution is 7.91. The van der Waals surface area contributed by atoms with Gasteiger partial charge in [-0.15, -0.1) is 0 Å². The highest BCUT2D eigenvalue weighted by atomic mass is 32.2. The molecule has 9 nitrogen and oxygen atoms in total. The maximum Gasteiger partial charge on any atom is 0.419 e. The second-order valence-electron chi connectivity index (χ2n) is 7.93. The van der Waals surface area contributed by atoms with Crippen LogP contribution in [0.15, 0.2) is 78.3 Å². The summed E-state index contributed by atoms with van der Waals surface area (Å²) in [5.41, 5.74) is 0.0732. The minimum absolute atomic E-state index is 0.0151. The Bertz CT molecular complexity index is 1710. The number of fused-ring (bicyclic) bond motifs is 1. The molecule has 2 aromatic carbocycles.